The number of amides is 1. The molecule has 122 valence electrons. The fraction of sp³-hybridized carbons (Fsp3) is 0.632. The van der Waals surface area contributed by atoms with Crippen LogP contribution in [-0.2, 0) is 10.2 Å². The van der Waals surface area contributed by atoms with Gasteiger partial charge >= 0.3 is 0 Å². The number of carbonyl (C=O) groups is 1. The number of benzene rings is 1. The van der Waals surface area contributed by atoms with Crippen molar-refractivity contribution < 1.29 is 9.90 Å². The topological polar surface area (TPSA) is 49.3 Å². The molecular weight excluding hydrogens is 274 g/mol. The summed E-state index contributed by atoms with van der Waals surface area (Å²) in [6.07, 6.45) is 5.04. The largest absolute Gasteiger partial charge is 0.388 e. The lowest BCUT2D eigenvalue weighted by molar-refractivity contribution is -0.122. The van der Waals surface area contributed by atoms with Gasteiger partial charge in [-0.2, -0.15) is 0 Å². The van der Waals surface area contributed by atoms with Crippen molar-refractivity contribution in [3.8, 4) is 0 Å². The lowest BCUT2D eigenvalue weighted by Crippen LogP contribution is -2.41. The highest BCUT2D eigenvalue weighted by Crippen LogP contribution is 2.30. The molecule has 1 amide bonds. The summed E-state index contributed by atoms with van der Waals surface area (Å²) in [4.78, 5) is 12.1. The molecule has 0 aliphatic heterocycles. The molecule has 1 fully saturated rings. The van der Waals surface area contributed by atoms with Gasteiger partial charge in [-0.15, -0.1) is 0 Å². The summed E-state index contributed by atoms with van der Waals surface area (Å²) in [6, 6.07) is 8.53. The molecule has 2 N–H and O–H groups in total. The van der Waals surface area contributed by atoms with E-state index in [4.69, 9.17) is 0 Å². The summed E-state index contributed by atoms with van der Waals surface area (Å²) in [5, 5.41) is 13.2. The minimum Gasteiger partial charge on any atom is -0.388 e. The van der Waals surface area contributed by atoms with Gasteiger partial charge in [-0.3, -0.25) is 4.79 Å². The Balaban J connectivity index is 1.80. The standard InChI is InChI=1S/C19H29NO2/c1-15-6-8-16(9-7-15)18(2,3)13-10-17(21)20-14-19(22)11-4-5-12-19/h6-9,22H,4-5,10-14H2,1-3H3,(H,20,21). The summed E-state index contributed by atoms with van der Waals surface area (Å²) in [6.45, 7) is 6.83. The molecule has 1 saturated carbocycles. The molecule has 0 heterocycles. The Morgan fingerprint density at radius 2 is 1.82 bits per heavy atom. The number of hydrogen-bond donors (Lipinski definition) is 2. The van der Waals surface area contributed by atoms with Crippen LogP contribution in [0.4, 0.5) is 0 Å². The van der Waals surface area contributed by atoms with Crippen LogP contribution < -0.4 is 5.32 Å². The van der Waals surface area contributed by atoms with Crippen LogP contribution in [0.5, 0.6) is 0 Å². The van der Waals surface area contributed by atoms with Gasteiger partial charge in [0.1, 0.15) is 0 Å². The average molecular weight is 303 g/mol. The molecule has 0 aromatic heterocycles. The van der Waals surface area contributed by atoms with Crippen LogP contribution in [0.15, 0.2) is 24.3 Å². The van der Waals surface area contributed by atoms with Gasteiger partial charge in [-0.25, -0.2) is 0 Å². The zero-order chi connectivity index (χ0) is 16.2. The second kappa shape index (κ2) is 6.82. The minimum absolute atomic E-state index is 0.0186. The number of hydrogen-bond acceptors (Lipinski definition) is 2. The molecule has 0 bridgehead atoms. The monoisotopic (exact) mass is 303 g/mol. The molecule has 1 aliphatic carbocycles. The zero-order valence-corrected chi connectivity index (χ0v) is 14.1. The van der Waals surface area contributed by atoms with Gasteiger partial charge in [0.15, 0.2) is 0 Å². The third-order valence-corrected chi connectivity index (χ3v) is 4.96. The van der Waals surface area contributed by atoms with Gasteiger partial charge in [0.05, 0.1) is 5.60 Å². The maximum absolute atomic E-state index is 12.1. The van der Waals surface area contributed by atoms with Crippen molar-refractivity contribution >= 4 is 5.91 Å². The van der Waals surface area contributed by atoms with Gasteiger partial charge in [-0.05, 0) is 37.2 Å². The summed E-state index contributed by atoms with van der Waals surface area (Å²) in [5.41, 5.74) is 1.83. The first kappa shape index (κ1) is 17.0. The lowest BCUT2D eigenvalue weighted by Gasteiger charge is -2.26. The first-order valence-corrected chi connectivity index (χ1v) is 8.37. The van der Waals surface area contributed by atoms with E-state index >= 15 is 0 Å². The second-order valence-corrected chi connectivity index (χ2v) is 7.46. The van der Waals surface area contributed by atoms with Crippen LogP contribution in [0.2, 0.25) is 0 Å². The Morgan fingerprint density at radius 1 is 1.23 bits per heavy atom. The number of carbonyl (C=O) groups excluding carboxylic acids is 1. The molecule has 1 aliphatic rings. The molecule has 3 heteroatoms. The van der Waals surface area contributed by atoms with Crippen molar-refractivity contribution in [1.29, 1.82) is 0 Å². The molecule has 22 heavy (non-hydrogen) atoms. The van der Waals surface area contributed by atoms with Gasteiger partial charge in [0.2, 0.25) is 5.91 Å². The van der Waals surface area contributed by atoms with E-state index in [1.165, 1.54) is 11.1 Å². The third kappa shape index (κ3) is 4.57. The summed E-state index contributed by atoms with van der Waals surface area (Å²) >= 11 is 0. The zero-order valence-electron chi connectivity index (χ0n) is 14.1. The van der Waals surface area contributed by atoms with Crippen LogP contribution in [0, 0.1) is 6.92 Å². The van der Waals surface area contributed by atoms with E-state index in [1.54, 1.807) is 0 Å². The first-order chi connectivity index (χ1) is 10.3. The van der Waals surface area contributed by atoms with E-state index in [1.807, 2.05) is 0 Å². The fourth-order valence-corrected chi connectivity index (χ4v) is 3.14. The Bertz CT molecular complexity index is 499. The van der Waals surface area contributed by atoms with Gasteiger partial charge < -0.3 is 10.4 Å². The van der Waals surface area contributed by atoms with Crippen molar-refractivity contribution in [1.82, 2.24) is 5.32 Å². The predicted octanol–water partition coefficient (Wildman–Crippen LogP) is 3.47. The minimum atomic E-state index is -0.665. The Labute approximate surface area is 134 Å². The van der Waals surface area contributed by atoms with Gasteiger partial charge in [-0.1, -0.05) is 56.5 Å². The van der Waals surface area contributed by atoms with Crippen LogP contribution in [-0.4, -0.2) is 23.2 Å². The molecule has 3 nitrogen and oxygen atoms in total. The number of aryl methyl sites for hydroxylation is 1. The first-order valence-electron chi connectivity index (χ1n) is 8.37. The van der Waals surface area contributed by atoms with Crippen molar-refractivity contribution in [2.24, 2.45) is 0 Å². The normalized spacial score (nSPS) is 17.5. The van der Waals surface area contributed by atoms with Crippen LogP contribution in [0.25, 0.3) is 0 Å². The molecule has 1 aromatic rings. The van der Waals surface area contributed by atoms with E-state index in [9.17, 15) is 9.90 Å². The Morgan fingerprint density at radius 3 is 2.41 bits per heavy atom. The molecular formula is C19H29NO2. The SMILES string of the molecule is Cc1ccc(C(C)(C)CCC(=O)NCC2(O)CCCC2)cc1. The Kier molecular flexibility index (Phi) is 5.28. The number of nitrogens with one attached hydrogen (secondary N) is 1. The number of aliphatic hydroxyl groups is 1. The van der Waals surface area contributed by atoms with E-state index < -0.39 is 5.60 Å². The molecule has 1 aromatic carbocycles. The molecule has 0 spiro atoms. The van der Waals surface area contributed by atoms with Gasteiger partial charge in [0, 0.05) is 13.0 Å². The molecule has 0 atom stereocenters. The highest BCUT2D eigenvalue weighted by molar-refractivity contribution is 5.76. The van der Waals surface area contributed by atoms with Crippen LogP contribution in [0.3, 0.4) is 0 Å². The van der Waals surface area contributed by atoms with E-state index in [0.717, 1.165) is 32.1 Å². The van der Waals surface area contributed by atoms with E-state index in [2.05, 4.69) is 50.4 Å². The van der Waals surface area contributed by atoms with E-state index in [0.29, 0.717) is 13.0 Å². The highest BCUT2D eigenvalue weighted by Gasteiger charge is 2.31. The van der Waals surface area contributed by atoms with Crippen molar-refractivity contribution in [2.75, 3.05) is 6.54 Å². The maximum Gasteiger partial charge on any atom is 0.220 e. The van der Waals surface area contributed by atoms with Crippen molar-refractivity contribution in [3.63, 3.8) is 0 Å². The lowest BCUT2D eigenvalue weighted by atomic mass is 9.80. The quantitative estimate of drug-likeness (QED) is 0.845. The van der Waals surface area contributed by atoms with Crippen LogP contribution >= 0.6 is 0 Å². The average Bonchev–Trinajstić information content (AvgIpc) is 2.91. The third-order valence-electron chi connectivity index (χ3n) is 4.96. The molecule has 2 rings (SSSR count). The summed E-state index contributed by atoms with van der Waals surface area (Å²) < 4.78 is 0. The second-order valence-electron chi connectivity index (χ2n) is 7.46. The number of rotatable bonds is 6. The molecule has 0 radical (unpaired) electrons. The smallest absolute Gasteiger partial charge is 0.220 e. The highest BCUT2D eigenvalue weighted by atomic mass is 16.3. The van der Waals surface area contributed by atoms with E-state index in [-0.39, 0.29) is 11.3 Å². The summed E-state index contributed by atoms with van der Waals surface area (Å²) in [5.74, 6) is 0.0421. The maximum atomic E-state index is 12.1. The molecule has 0 saturated heterocycles. The summed E-state index contributed by atoms with van der Waals surface area (Å²) in [7, 11) is 0. The van der Waals surface area contributed by atoms with Crippen molar-refractivity contribution in [2.45, 2.75) is 70.3 Å². The van der Waals surface area contributed by atoms with Gasteiger partial charge in [0.25, 0.3) is 0 Å². The van der Waals surface area contributed by atoms with Crippen molar-refractivity contribution in [3.05, 3.63) is 35.4 Å². The fourth-order valence-electron chi connectivity index (χ4n) is 3.14. The predicted molar refractivity (Wildman–Crippen MR) is 89.9 cm³/mol. The molecule has 0 unspecified atom stereocenters. The van der Waals surface area contributed by atoms with Crippen LogP contribution in [0.1, 0.15) is 63.5 Å². The Hall–Kier alpha value is -1.35.